The molecule has 0 radical (unpaired) electrons. The topological polar surface area (TPSA) is 74.5 Å². The summed E-state index contributed by atoms with van der Waals surface area (Å²) in [7, 11) is 1.60. The van der Waals surface area contributed by atoms with Crippen LogP contribution in [0.2, 0.25) is 5.02 Å². The normalized spacial score (nSPS) is 10.5. The van der Waals surface area contributed by atoms with E-state index in [0.29, 0.717) is 16.7 Å². The number of hydrogen-bond acceptors (Lipinski definition) is 7. The molecule has 0 atom stereocenters. The number of hydrogen-bond donors (Lipinski definition) is 0. The van der Waals surface area contributed by atoms with Crippen molar-refractivity contribution in [3.8, 4) is 23.0 Å². The number of ether oxygens (including phenoxy) is 2. The molecule has 0 aliphatic carbocycles. The second kappa shape index (κ2) is 8.04. The number of nitrogens with zero attached hydrogens (tertiary/aromatic N) is 2. The average molecular weight is 377 g/mol. The summed E-state index contributed by atoms with van der Waals surface area (Å²) in [6.07, 6.45) is 0. The van der Waals surface area contributed by atoms with E-state index in [1.54, 1.807) is 43.5 Å². The Hall–Kier alpha value is -2.51. The highest BCUT2D eigenvalue weighted by Crippen LogP contribution is 2.25. The van der Waals surface area contributed by atoms with Crippen molar-refractivity contribution < 1.29 is 18.7 Å². The van der Waals surface area contributed by atoms with Gasteiger partial charge in [-0.25, -0.2) is 0 Å². The van der Waals surface area contributed by atoms with Crippen LogP contribution in [0, 0.1) is 0 Å². The molecule has 0 spiro atoms. The van der Waals surface area contributed by atoms with Gasteiger partial charge in [0.25, 0.3) is 5.22 Å². The first-order chi connectivity index (χ1) is 12.1. The lowest BCUT2D eigenvalue weighted by Crippen LogP contribution is -2.10. The zero-order valence-corrected chi connectivity index (χ0v) is 14.7. The zero-order chi connectivity index (χ0) is 17.6. The molecule has 2 aromatic carbocycles. The Morgan fingerprint density at radius 3 is 2.68 bits per heavy atom. The van der Waals surface area contributed by atoms with Crippen molar-refractivity contribution in [2.75, 3.05) is 12.9 Å². The number of carbonyl (C=O) groups is 1. The van der Waals surface area contributed by atoms with E-state index in [9.17, 15) is 4.79 Å². The molecule has 0 N–H and O–H groups in total. The molecule has 3 aromatic rings. The molecule has 0 aliphatic heterocycles. The molecule has 8 heteroatoms. The van der Waals surface area contributed by atoms with E-state index < -0.39 is 5.97 Å². The van der Waals surface area contributed by atoms with Gasteiger partial charge in [-0.05, 0) is 42.5 Å². The van der Waals surface area contributed by atoms with Crippen LogP contribution in [-0.4, -0.2) is 29.0 Å². The summed E-state index contributed by atoms with van der Waals surface area (Å²) in [6, 6.07) is 13.9. The van der Waals surface area contributed by atoms with Gasteiger partial charge in [-0.3, -0.25) is 4.79 Å². The van der Waals surface area contributed by atoms with Gasteiger partial charge in [0.1, 0.15) is 17.3 Å². The van der Waals surface area contributed by atoms with E-state index in [0.717, 1.165) is 23.1 Å². The molecule has 0 fully saturated rings. The van der Waals surface area contributed by atoms with Crippen molar-refractivity contribution in [1.29, 1.82) is 0 Å². The maximum atomic E-state index is 11.9. The second-order valence-corrected chi connectivity index (χ2v) is 6.18. The van der Waals surface area contributed by atoms with Crippen molar-refractivity contribution >= 4 is 29.3 Å². The van der Waals surface area contributed by atoms with E-state index in [4.69, 9.17) is 25.5 Å². The number of carbonyl (C=O) groups excluding carboxylic acids is 1. The molecular weight excluding hydrogens is 364 g/mol. The minimum Gasteiger partial charge on any atom is -0.497 e. The predicted molar refractivity (Wildman–Crippen MR) is 94.1 cm³/mol. The summed E-state index contributed by atoms with van der Waals surface area (Å²) in [4.78, 5) is 11.9. The van der Waals surface area contributed by atoms with Crippen LogP contribution in [0.5, 0.6) is 11.5 Å². The highest BCUT2D eigenvalue weighted by molar-refractivity contribution is 7.99. The Kier molecular flexibility index (Phi) is 5.57. The first kappa shape index (κ1) is 17.3. The molecule has 0 saturated carbocycles. The molecule has 0 bridgehead atoms. The fraction of sp³-hybridized carbons (Fsp3) is 0.118. The lowest BCUT2D eigenvalue weighted by molar-refractivity contribution is -0.131. The second-order valence-electron chi connectivity index (χ2n) is 4.82. The Morgan fingerprint density at radius 1 is 1.16 bits per heavy atom. The average Bonchev–Trinajstić information content (AvgIpc) is 3.09. The van der Waals surface area contributed by atoms with Crippen LogP contribution in [0.4, 0.5) is 0 Å². The maximum Gasteiger partial charge on any atom is 0.321 e. The fourth-order valence-corrected chi connectivity index (χ4v) is 2.65. The summed E-state index contributed by atoms with van der Waals surface area (Å²) in [6.45, 7) is 0. The van der Waals surface area contributed by atoms with Gasteiger partial charge in [-0.15, -0.1) is 10.2 Å². The van der Waals surface area contributed by atoms with Gasteiger partial charge >= 0.3 is 5.97 Å². The molecule has 3 rings (SSSR count). The van der Waals surface area contributed by atoms with E-state index in [1.807, 2.05) is 12.1 Å². The third-order valence-corrected chi connectivity index (χ3v) is 4.11. The summed E-state index contributed by atoms with van der Waals surface area (Å²) in [5.41, 5.74) is 0.765. The number of halogens is 1. The summed E-state index contributed by atoms with van der Waals surface area (Å²) < 4.78 is 15.8. The van der Waals surface area contributed by atoms with Crippen LogP contribution in [0.3, 0.4) is 0 Å². The zero-order valence-electron chi connectivity index (χ0n) is 13.1. The Balaban J connectivity index is 1.56. The minimum absolute atomic E-state index is 0.0385. The monoisotopic (exact) mass is 376 g/mol. The predicted octanol–water partition coefficient (Wildman–Crippen LogP) is 4.10. The first-order valence-corrected chi connectivity index (χ1v) is 8.57. The Labute approximate surface area is 153 Å². The number of methoxy groups -OCH3 is 1. The molecule has 0 unspecified atom stereocenters. The molecule has 0 amide bonds. The lowest BCUT2D eigenvalue weighted by Gasteiger charge is -2.03. The van der Waals surface area contributed by atoms with Gasteiger partial charge in [0.2, 0.25) is 5.89 Å². The molecule has 25 heavy (non-hydrogen) atoms. The van der Waals surface area contributed by atoms with Gasteiger partial charge in [0.15, 0.2) is 0 Å². The highest BCUT2D eigenvalue weighted by Gasteiger charge is 2.12. The molecule has 1 heterocycles. The van der Waals surface area contributed by atoms with Crippen LogP contribution in [-0.2, 0) is 4.79 Å². The Bertz CT molecular complexity index is 867. The molecule has 128 valence electrons. The number of rotatable bonds is 6. The van der Waals surface area contributed by atoms with E-state index >= 15 is 0 Å². The minimum atomic E-state index is -0.434. The smallest absolute Gasteiger partial charge is 0.321 e. The van der Waals surface area contributed by atoms with E-state index in [-0.39, 0.29) is 11.0 Å². The van der Waals surface area contributed by atoms with Crippen molar-refractivity contribution in [3.63, 3.8) is 0 Å². The third-order valence-electron chi connectivity index (χ3n) is 3.08. The third kappa shape index (κ3) is 4.74. The van der Waals surface area contributed by atoms with Gasteiger partial charge in [0.05, 0.1) is 7.11 Å². The van der Waals surface area contributed by atoms with Gasteiger partial charge in [-0.2, -0.15) is 0 Å². The van der Waals surface area contributed by atoms with Crippen LogP contribution < -0.4 is 9.47 Å². The quantitative estimate of drug-likeness (QED) is 0.364. The number of aromatic nitrogens is 2. The molecule has 6 nitrogen and oxygen atoms in total. The fourth-order valence-electron chi connectivity index (χ4n) is 1.93. The lowest BCUT2D eigenvalue weighted by atomic mass is 10.2. The van der Waals surface area contributed by atoms with Gasteiger partial charge in [0, 0.05) is 10.6 Å². The molecule has 1 aromatic heterocycles. The van der Waals surface area contributed by atoms with E-state index in [1.165, 1.54) is 0 Å². The summed E-state index contributed by atoms with van der Waals surface area (Å²) in [5.74, 6) is 1.10. The number of benzene rings is 2. The molecule has 0 aliphatic rings. The van der Waals surface area contributed by atoms with Gasteiger partial charge in [-0.1, -0.05) is 29.4 Å². The van der Waals surface area contributed by atoms with Crippen LogP contribution in [0.15, 0.2) is 58.2 Å². The van der Waals surface area contributed by atoms with Crippen LogP contribution in [0.25, 0.3) is 11.5 Å². The van der Waals surface area contributed by atoms with Crippen molar-refractivity contribution in [2.45, 2.75) is 5.22 Å². The first-order valence-electron chi connectivity index (χ1n) is 7.21. The van der Waals surface area contributed by atoms with Crippen LogP contribution >= 0.6 is 23.4 Å². The van der Waals surface area contributed by atoms with Crippen molar-refractivity contribution in [1.82, 2.24) is 10.2 Å². The summed E-state index contributed by atoms with van der Waals surface area (Å²) >= 11 is 6.95. The maximum absolute atomic E-state index is 11.9. The number of thioether (sulfide) groups is 1. The molecular formula is C17H13ClN2O4S. The van der Waals surface area contributed by atoms with E-state index in [2.05, 4.69) is 10.2 Å². The number of esters is 1. The van der Waals surface area contributed by atoms with Gasteiger partial charge < -0.3 is 13.9 Å². The Morgan fingerprint density at radius 2 is 1.96 bits per heavy atom. The molecule has 0 saturated heterocycles. The van der Waals surface area contributed by atoms with Crippen molar-refractivity contribution in [2.24, 2.45) is 0 Å². The van der Waals surface area contributed by atoms with Crippen molar-refractivity contribution in [3.05, 3.63) is 53.6 Å². The summed E-state index contributed by atoms with van der Waals surface area (Å²) in [5, 5.41) is 8.67. The standard InChI is InChI=1S/C17H13ClN2O4S/c1-22-13-7-5-11(6-8-13)16-19-20-17(24-16)25-10-15(21)23-14-4-2-3-12(18)9-14/h2-9H,10H2,1H3. The SMILES string of the molecule is COc1ccc(-c2nnc(SCC(=O)Oc3cccc(Cl)c3)o2)cc1. The highest BCUT2D eigenvalue weighted by atomic mass is 35.5. The largest absolute Gasteiger partial charge is 0.497 e. The van der Waals surface area contributed by atoms with Crippen LogP contribution in [0.1, 0.15) is 0 Å².